The maximum atomic E-state index is 5.38. The zero-order valence-corrected chi connectivity index (χ0v) is 9.89. The van der Waals surface area contributed by atoms with Crippen molar-refractivity contribution < 1.29 is 4.74 Å². The van der Waals surface area contributed by atoms with Crippen LogP contribution in [0.2, 0.25) is 0 Å². The quantitative estimate of drug-likeness (QED) is 0.849. The smallest absolute Gasteiger partial charge is 0.117 e. The normalized spacial score (nSPS) is 19.6. The molecule has 1 fully saturated rings. The molecule has 1 aromatic carbocycles. The molecule has 3 rings (SSSR count). The Kier molecular flexibility index (Phi) is 2.78. The minimum absolute atomic E-state index is 0.354. The van der Waals surface area contributed by atoms with Crippen molar-refractivity contribution >= 4 is 11.0 Å². The Hall–Kier alpha value is -1.46. The lowest BCUT2D eigenvalue weighted by atomic mass is 10.0. The molecular weight excluding hydrogens is 216 g/mol. The first-order valence-corrected chi connectivity index (χ1v) is 5.97. The Balaban J connectivity index is 1.94. The van der Waals surface area contributed by atoms with Gasteiger partial charge in [0.1, 0.15) is 11.0 Å². The summed E-state index contributed by atoms with van der Waals surface area (Å²) in [6.45, 7) is 5.82. The molecule has 2 aromatic rings. The van der Waals surface area contributed by atoms with Gasteiger partial charge in [-0.05, 0) is 18.6 Å². The number of ether oxygens (including phenoxy) is 1. The highest BCUT2D eigenvalue weighted by molar-refractivity contribution is 5.77. The van der Waals surface area contributed by atoms with E-state index in [1.807, 2.05) is 12.1 Å². The predicted octanol–water partition coefficient (Wildman–Crippen LogP) is 1.35. The van der Waals surface area contributed by atoms with Gasteiger partial charge in [-0.2, -0.15) is 15.4 Å². The number of nitrogens with zero attached hydrogens (tertiary/aromatic N) is 3. The number of para-hydroxylation sites is 1. The number of rotatable bonds is 2. The topological polar surface area (TPSA) is 54.0 Å². The second-order valence-electron chi connectivity index (χ2n) is 4.36. The molecule has 0 bridgehead atoms. The van der Waals surface area contributed by atoms with Gasteiger partial charge < -0.3 is 4.74 Å². The average molecular weight is 232 g/mol. The van der Waals surface area contributed by atoms with E-state index in [0.717, 1.165) is 37.3 Å². The van der Waals surface area contributed by atoms with Gasteiger partial charge in [0.2, 0.25) is 0 Å². The van der Waals surface area contributed by atoms with Crippen LogP contribution in [0.25, 0.3) is 11.0 Å². The number of nitrogens with one attached hydrogen (secondary N) is 1. The summed E-state index contributed by atoms with van der Waals surface area (Å²) in [5.74, 6) is 0. The van der Waals surface area contributed by atoms with E-state index in [-0.39, 0.29) is 0 Å². The van der Waals surface area contributed by atoms with Crippen molar-refractivity contribution in [2.24, 2.45) is 0 Å². The molecule has 1 unspecified atom stereocenters. The zero-order valence-electron chi connectivity index (χ0n) is 9.89. The summed E-state index contributed by atoms with van der Waals surface area (Å²) in [7, 11) is 0. The molecule has 5 nitrogen and oxygen atoms in total. The Morgan fingerprint density at radius 1 is 1.29 bits per heavy atom. The molecule has 17 heavy (non-hydrogen) atoms. The minimum atomic E-state index is 0.354. The van der Waals surface area contributed by atoms with Gasteiger partial charge in [0, 0.05) is 19.1 Å². The molecule has 90 valence electrons. The monoisotopic (exact) mass is 232 g/mol. The highest BCUT2D eigenvalue weighted by Crippen LogP contribution is 2.26. The average Bonchev–Trinajstić information content (AvgIpc) is 2.87. The fourth-order valence-corrected chi connectivity index (χ4v) is 2.39. The number of fused-ring (bicyclic) bond motifs is 1. The van der Waals surface area contributed by atoms with Crippen LogP contribution in [0.3, 0.4) is 0 Å². The second kappa shape index (κ2) is 4.43. The van der Waals surface area contributed by atoms with Crippen LogP contribution in [0.4, 0.5) is 0 Å². The maximum Gasteiger partial charge on any atom is 0.117 e. The molecule has 1 aromatic heterocycles. The third-order valence-corrected chi connectivity index (χ3v) is 3.42. The van der Waals surface area contributed by atoms with E-state index in [4.69, 9.17) is 4.74 Å². The van der Waals surface area contributed by atoms with Gasteiger partial charge in [-0.25, -0.2) is 0 Å². The molecule has 0 saturated carbocycles. The summed E-state index contributed by atoms with van der Waals surface area (Å²) in [5.41, 5.74) is 3.15. The molecule has 1 aliphatic heterocycles. The molecule has 0 aliphatic carbocycles. The number of morpholine rings is 1. The fourth-order valence-electron chi connectivity index (χ4n) is 2.39. The van der Waals surface area contributed by atoms with Crippen molar-refractivity contribution in [3.05, 3.63) is 23.8 Å². The molecule has 1 saturated heterocycles. The number of benzene rings is 1. The van der Waals surface area contributed by atoms with Crippen molar-refractivity contribution in [3.63, 3.8) is 0 Å². The summed E-state index contributed by atoms with van der Waals surface area (Å²) in [4.78, 5) is 2.42. The van der Waals surface area contributed by atoms with Crippen LogP contribution in [0.15, 0.2) is 18.2 Å². The van der Waals surface area contributed by atoms with E-state index >= 15 is 0 Å². The van der Waals surface area contributed by atoms with Crippen LogP contribution in [-0.4, -0.2) is 46.6 Å². The molecule has 1 N–H and O–H groups in total. The highest BCUT2D eigenvalue weighted by atomic mass is 16.5. The van der Waals surface area contributed by atoms with E-state index in [1.54, 1.807) is 0 Å². The van der Waals surface area contributed by atoms with Crippen molar-refractivity contribution in [2.75, 3.05) is 26.3 Å². The predicted molar refractivity (Wildman–Crippen MR) is 64.7 cm³/mol. The molecule has 0 radical (unpaired) electrons. The molecule has 0 amide bonds. The van der Waals surface area contributed by atoms with Gasteiger partial charge in [-0.3, -0.25) is 4.90 Å². The molecule has 1 aliphatic rings. The molecule has 5 heteroatoms. The van der Waals surface area contributed by atoms with Gasteiger partial charge in [0.15, 0.2) is 0 Å². The van der Waals surface area contributed by atoms with Gasteiger partial charge >= 0.3 is 0 Å². The third-order valence-electron chi connectivity index (χ3n) is 3.42. The van der Waals surface area contributed by atoms with Crippen molar-refractivity contribution in [3.8, 4) is 0 Å². The van der Waals surface area contributed by atoms with Crippen LogP contribution >= 0.6 is 0 Å². The van der Waals surface area contributed by atoms with Crippen LogP contribution in [0.5, 0.6) is 0 Å². The van der Waals surface area contributed by atoms with Gasteiger partial charge in [0.25, 0.3) is 0 Å². The first-order valence-electron chi connectivity index (χ1n) is 5.97. The van der Waals surface area contributed by atoms with Crippen LogP contribution in [-0.2, 0) is 4.74 Å². The number of hydrogen-bond donors (Lipinski definition) is 1. The van der Waals surface area contributed by atoms with Crippen molar-refractivity contribution in [1.82, 2.24) is 20.3 Å². The highest BCUT2D eigenvalue weighted by Gasteiger charge is 2.20. The SMILES string of the molecule is CC(c1cccc2n[nH]nc12)N1CCOCC1. The van der Waals surface area contributed by atoms with Gasteiger partial charge in [0.05, 0.1) is 13.2 Å². The van der Waals surface area contributed by atoms with E-state index in [9.17, 15) is 0 Å². The lowest BCUT2D eigenvalue weighted by Crippen LogP contribution is -2.38. The van der Waals surface area contributed by atoms with E-state index in [0.29, 0.717) is 6.04 Å². The zero-order chi connectivity index (χ0) is 11.7. The summed E-state index contributed by atoms with van der Waals surface area (Å²) >= 11 is 0. The van der Waals surface area contributed by atoms with E-state index in [2.05, 4.69) is 33.3 Å². The van der Waals surface area contributed by atoms with Gasteiger partial charge in [-0.1, -0.05) is 12.1 Å². The van der Waals surface area contributed by atoms with Crippen LogP contribution in [0, 0.1) is 0 Å². The van der Waals surface area contributed by atoms with Gasteiger partial charge in [-0.15, -0.1) is 0 Å². The Bertz CT molecular complexity index is 504. The van der Waals surface area contributed by atoms with Crippen LogP contribution in [0.1, 0.15) is 18.5 Å². The number of hydrogen-bond acceptors (Lipinski definition) is 4. The fraction of sp³-hybridized carbons (Fsp3) is 0.500. The number of H-pyrrole nitrogens is 1. The Labute approximate surface area is 99.8 Å². The lowest BCUT2D eigenvalue weighted by molar-refractivity contribution is 0.0201. The first kappa shape index (κ1) is 10.7. The maximum absolute atomic E-state index is 5.38. The standard InChI is InChI=1S/C12H16N4O/c1-9(16-5-7-17-8-6-16)10-3-2-4-11-12(10)14-15-13-11/h2-4,9H,5-8H2,1H3,(H,13,14,15). The van der Waals surface area contributed by atoms with E-state index in [1.165, 1.54) is 5.56 Å². The van der Waals surface area contributed by atoms with Crippen LogP contribution < -0.4 is 0 Å². The summed E-state index contributed by atoms with van der Waals surface area (Å²) in [5, 5.41) is 11.1. The summed E-state index contributed by atoms with van der Waals surface area (Å²) in [6, 6.07) is 6.50. The van der Waals surface area contributed by atoms with Crippen molar-refractivity contribution in [1.29, 1.82) is 0 Å². The first-order chi connectivity index (χ1) is 8.36. The second-order valence-corrected chi connectivity index (χ2v) is 4.36. The molecule has 1 atom stereocenters. The number of aromatic nitrogens is 3. The van der Waals surface area contributed by atoms with Crippen molar-refractivity contribution in [2.45, 2.75) is 13.0 Å². The largest absolute Gasteiger partial charge is 0.379 e. The summed E-state index contributed by atoms with van der Waals surface area (Å²) in [6.07, 6.45) is 0. The molecule has 2 heterocycles. The molecule has 0 spiro atoms. The van der Waals surface area contributed by atoms with E-state index < -0.39 is 0 Å². The lowest BCUT2D eigenvalue weighted by Gasteiger charge is -2.32. The minimum Gasteiger partial charge on any atom is -0.379 e. The third kappa shape index (κ3) is 1.92. The number of aromatic amines is 1. The Morgan fingerprint density at radius 2 is 2.12 bits per heavy atom. The molecular formula is C12H16N4O. The summed E-state index contributed by atoms with van der Waals surface area (Å²) < 4.78 is 5.38. The Morgan fingerprint density at radius 3 is 2.94 bits per heavy atom.